The normalized spacial score (nSPS) is 18.9. The highest BCUT2D eigenvalue weighted by atomic mass is 15.3. The van der Waals surface area contributed by atoms with Gasteiger partial charge in [0, 0.05) is 49.9 Å². The second kappa shape index (κ2) is 6.15. The molecule has 0 amide bonds. The maximum atomic E-state index is 6.19. The monoisotopic (exact) mass is 339 g/mol. The summed E-state index contributed by atoms with van der Waals surface area (Å²) in [7, 11) is 1.98. The Morgan fingerprint density at radius 2 is 2.08 bits per heavy atom. The lowest BCUT2D eigenvalue weighted by molar-refractivity contribution is 0.198. The number of rotatable bonds is 3. The summed E-state index contributed by atoms with van der Waals surface area (Å²) in [4.78, 5) is 7.32. The minimum absolute atomic E-state index is 0.410. The van der Waals surface area contributed by atoms with Gasteiger partial charge in [-0.2, -0.15) is 14.7 Å². The molecule has 0 aromatic carbocycles. The van der Waals surface area contributed by atoms with Gasteiger partial charge in [0.25, 0.3) is 0 Å². The van der Waals surface area contributed by atoms with E-state index in [9.17, 15) is 0 Å². The van der Waals surface area contributed by atoms with Crippen molar-refractivity contribution >= 4 is 11.5 Å². The molecule has 0 radical (unpaired) electrons. The first-order valence-corrected chi connectivity index (χ1v) is 8.84. The second-order valence-corrected chi connectivity index (χ2v) is 7.15. The second-order valence-electron chi connectivity index (χ2n) is 7.15. The van der Waals surface area contributed by atoms with E-state index < -0.39 is 0 Å². The zero-order valence-corrected chi connectivity index (χ0v) is 15.1. The third-order valence-corrected chi connectivity index (χ3v) is 5.03. The zero-order valence-electron chi connectivity index (χ0n) is 15.1. The van der Waals surface area contributed by atoms with Crippen molar-refractivity contribution in [2.24, 2.45) is 7.05 Å². The first-order valence-electron chi connectivity index (χ1n) is 8.84. The standard InChI is InChI=1S/C18H25N7/c1-12-7-18-20-16(8-17(19)25(18)21-12)14-5-4-6-24(10-14)11-15-9-23(3)22-13(15)2/h7-9,14H,4-6,10-11,19H2,1-3H3. The van der Waals surface area contributed by atoms with Crippen molar-refractivity contribution in [1.29, 1.82) is 0 Å². The lowest BCUT2D eigenvalue weighted by atomic mass is 9.94. The van der Waals surface area contributed by atoms with E-state index in [2.05, 4.69) is 28.2 Å². The Hall–Kier alpha value is -2.41. The van der Waals surface area contributed by atoms with Gasteiger partial charge in [-0.1, -0.05) is 0 Å². The molecule has 3 aromatic rings. The van der Waals surface area contributed by atoms with Gasteiger partial charge in [0.05, 0.1) is 17.1 Å². The molecule has 4 rings (SSSR count). The lowest BCUT2D eigenvalue weighted by Crippen LogP contribution is -2.34. The number of fused-ring (bicyclic) bond motifs is 1. The van der Waals surface area contributed by atoms with Crippen molar-refractivity contribution in [2.75, 3.05) is 18.8 Å². The summed E-state index contributed by atoms with van der Waals surface area (Å²) in [5, 5.41) is 8.84. The molecule has 7 nitrogen and oxygen atoms in total. The average molecular weight is 339 g/mol. The number of nitrogens with two attached hydrogens (primary N) is 1. The maximum Gasteiger partial charge on any atom is 0.157 e. The van der Waals surface area contributed by atoms with Crippen molar-refractivity contribution in [3.63, 3.8) is 0 Å². The molecule has 0 spiro atoms. The van der Waals surface area contributed by atoms with E-state index in [0.717, 1.165) is 48.8 Å². The fourth-order valence-corrected chi connectivity index (χ4v) is 3.83. The van der Waals surface area contributed by atoms with E-state index in [0.29, 0.717) is 11.7 Å². The first-order chi connectivity index (χ1) is 12.0. The van der Waals surface area contributed by atoms with E-state index in [-0.39, 0.29) is 0 Å². The molecule has 132 valence electrons. The number of piperidine rings is 1. The Morgan fingerprint density at radius 1 is 1.24 bits per heavy atom. The zero-order chi connectivity index (χ0) is 17.6. The van der Waals surface area contributed by atoms with Crippen LogP contribution >= 0.6 is 0 Å². The molecule has 4 heterocycles. The van der Waals surface area contributed by atoms with Crippen molar-refractivity contribution in [2.45, 2.75) is 39.2 Å². The molecule has 0 aliphatic carbocycles. The minimum Gasteiger partial charge on any atom is -0.384 e. The summed E-state index contributed by atoms with van der Waals surface area (Å²) in [6, 6.07) is 3.97. The van der Waals surface area contributed by atoms with Gasteiger partial charge < -0.3 is 5.73 Å². The van der Waals surface area contributed by atoms with E-state index in [1.54, 1.807) is 4.52 Å². The lowest BCUT2D eigenvalue weighted by Gasteiger charge is -2.32. The van der Waals surface area contributed by atoms with Crippen LogP contribution in [0.15, 0.2) is 18.3 Å². The number of nitrogen functional groups attached to an aromatic ring is 1. The highest BCUT2D eigenvalue weighted by Gasteiger charge is 2.24. The van der Waals surface area contributed by atoms with Crippen LogP contribution in [-0.2, 0) is 13.6 Å². The number of hydrogen-bond acceptors (Lipinski definition) is 5. The van der Waals surface area contributed by atoms with Crippen molar-refractivity contribution in [1.82, 2.24) is 29.3 Å². The molecular formula is C18H25N7. The van der Waals surface area contributed by atoms with Gasteiger partial charge in [0.15, 0.2) is 5.65 Å². The maximum absolute atomic E-state index is 6.19. The predicted molar refractivity (Wildman–Crippen MR) is 97.3 cm³/mol. The number of aryl methyl sites for hydroxylation is 3. The van der Waals surface area contributed by atoms with E-state index in [4.69, 9.17) is 10.7 Å². The van der Waals surface area contributed by atoms with Crippen LogP contribution in [0, 0.1) is 13.8 Å². The fourth-order valence-electron chi connectivity index (χ4n) is 3.83. The van der Waals surface area contributed by atoms with E-state index in [1.165, 1.54) is 12.0 Å². The largest absolute Gasteiger partial charge is 0.384 e. The Kier molecular flexibility index (Phi) is 3.95. The molecule has 7 heteroatoms. The van der Waals surface area contributed by atoms with Gasteiger partial charge in [0.2, 0.25) is 0 Å². The van der Waals surface area contributed by atoms with Crippen molar-refractivity contribution < 1.29 is 0 Å². The molecule has 3 aromatic heterocycles. The third-order valence-electron chi connectivity index (χ3n) is 5.03. The summed E-state index contributed by atoms with van der Waals surface area (Å²) in [6.07, 6.45) is 4.45. The Morgan fingerprint density at radius 3 is 2.84 bits per heavy atom. The summed E-state index contributed by atoms with van der Waals surface area (Å²) in [5.41, 5.74) is 11.5. The van der Waals surface area contributed by atoms with Crippen LogP contribution in [0.2, 0.25) is 0 Å². The van der Waals surface area contributed by atoms with Crippen LogP contribution in [0.5, 0.6) is 0 Å². The average Bonchev–Trinajstić information content (AvgIpc) is 3.09. The highest BCUT2D eigenvalue weighted by Crippen LogP contribution is 2.28. The molecule has 1 saturated heterocycles. The first kappa shape index (κ1) is 16.1. The number of anilines is 1. The minimum atomic E-state index is 0.410. The van der Waals surface area contributed by atoms with Gasteiger partial charge in [-0.15, -0.1) is 0 Å². The Balaban J connectivity index is 1.55. The van der Waals surface area contributed by atoms with Gasteiger partial charge >= 0.3 is 0 Å². The van der Waals surface area contributed by atoms with Gasteiger partial charge in [-0.25, -0.2) is 4.98 Å². The van der Waals surface area contributed by atoms with Gasteiger partial charge in [-0.3, -0.25) is 9.58 Å². The number of likely N-dealkylation sites (tertiary alicyclic amines) is 1. The van der Waals surface area contributed by atoms with E-state index >= 15 is 0 Å². The molecule has 1 aliphatic heterocycles. The highest BCUT2D eigenvalue weighted by molar-refractivity contribution is 5.48. The van der Waals surface area contributed by atoms with Crippen LogP contribution in [0.4, 0.5) is 5.82 Å². The smallest absolute Gasteiger partial charge is 0.157 e. The number of nitrogens with zero attached hydrogens (tertiary/aromatic N) is 6. The molecule has 1 fully saturated rings. The van der Waals surface area contributed by atoms with Crippen LogP contribution in [-0.4, -0.2) is 42.4 Å². The topological polar surface area (TPSA) is 77.3 Å². The van der Waals surface area contributed by atoms with Crippen LogP contribution in [0.1, 0.15) is 41.4 Å². The summed E-state index contributed by atoms with van der Waals surface area (Å²) >= 11 is 0. The molecular weight excluding hydrogens is 314 g/mol. The number of aromatic nitrogens is 5. The van der Waals surface area contributed by atoms with Crippen LogP contribution < -0.4 is 5.73 Å². The number of hydrogen-bond donors (Lipinski definition) is 1. The Labute approximate surface area is 147 Å². The summed E-state index contributed by atoms with van der Waals surface area (Å²) in [6.45, 7) is 7.11. The fraction of sp³-hybridized carbons (Fsp3) is 0.500. The van der Waals surface area contributed by atoms with Crippen LogP contribution in [0.25, 0.3) is 5.65 Å². The van der Waals surface area contributed by atoms with Crippen LogP contribution in [0.3, 0.4) is 0 Å². The molecule has 1 unspecified atom stereocenters. The SMILES string of the molecule is Cc1cc2nc(C3CCCN(Cc4cn(C)nc4C)C3)cc(N)n2n1. The van der Waals surface area contributed by atoms with Gasteiger partial charge in [0.1, 0.15) is 5.82 Å². The summed E-state index contributed by atoms with van der Waals surface area (Å²) in [5.74, 6) is 1.07. The van der Waals surface area contributed by atoms with E-state index in [1.807, 2.05) is 30.8 Å². The molecule has 0 saturated carbocycles. The molecule has 0 bridgehead atoms. The Bertz CT molecular complexity index is 908. The van der Waals surface area contributed by atoms with Gasteiger partial charge in [-0.05, 0) is 33.2 Å². The van der Waals surface area contributed by atoms with Crippen molar-refractivity contribution in [3.8, 4) is 0 Å². The predicted octanol–water partition coefficient (Wildman–Crippen LogP) is 2.04. The summed E-state index contributed by atoms with van der Waals surface area (Å²) < 4.78 is 3.61. The quantitative estimate of drug-likeness (QED) is 0.790. The van der Waals surface area contributed by atoms with Crippen molar-refractivity contribution in [3.05, 3.63) is 41.0 Å². The molecule has 25 heavy (non-hydrogen) atoms. The molecule has 1 aliphatic rings. The third kappa shape index (κ3) is 3.11. The molecule has 1 atom stereocenters. The molecule has 2 N–H and O–H groups in total.